The first-order valence-electron chi connectivity index (χ1n) is 4.42. The summed E-state index contributed by atoms with van der Waals surface area (Å²) in [7, 11) is 0. The summed E-state index contributed by atoms with van der Waals surface area (Å²) in [5.41, 5.74) is 1.15. The van der Waals surface area contributed by atoms with Gasteiger partial charge in [-0.2, -0.15) is 0 Å². The van der Waals surface area contributed by atoms with Crippen LogP contribution in [0.5, 0.6) is 0 Å². The summed E-state index contributed by atoms with van der Waals surface area (Å²) in [5, 5.41) is 0. The second kappa shape index (κ2) is 2.90. The summed E-state index contributed by atoms with van der Waals surface area (Å²) >= 11 is 0. The predicted octanol–water partition coefficient (Wildman–Crippen LogP) is 1.44. The zero-order chi connectivity index (χ0) is 8.55. The molecule has 1 aliphatic heterocycles. The average molecular weight is 166 g/mol. The van der Waals surface area contributed by atoms with Crippen LogP contribution in [0.2, 0.25) is 0 Å². The number of aromatic nitrogens is 1. The fourth-order valence-electron chi connectivity index (χ4n) is 1.58. The van der Waals surface area contributed by atoms with E-state index >= 15 is 0 Å². The molecule has 0 radical (unpaired) electrons. The molecule has 2 heterocycles. The normalized spacial score (nSPS) is 18.2. The third-order valence-corrected chi connectivity index (χ3v) is 2.44. The van der Waals surface area contributed by atoms with Crippen LogP contribution >= 0.6 is 0 Å². The SMILES string of the molecule is CC(C)N1CCc2ncoc2C1. The highest BCUT2D eigenvalue weighted by Gasteiger charge is 2.21. The van der Waals surface area contributed by atoms with Crippen LogP contribution in [0, 0.1) is 0 Å². The molecule has 66 valence electrons. The maximum atomic E-state index is 5.28. The molecule has 0 bridgehead atoms. The van der Waals surface area contributed by atoms with E-state index in [1.54, 1.807) is 6.39 Å². The van der Waals surface area contributed by atoms with Gasteiger partial charge in [-0.05, 0) is 13.8 Å². The van der Waals surface area contributed by atoms with E-state index in [0.717, 1.165) is 31.0 Å². The van der Waals surface area contributed by atoms with Crippen LogP contribution in [-0.2, 0) is 13.0 Å². The van der Waals surface area contributed by atoms with Crippen molar-refractivity contribution in [3.05, 3.63) is 17.8 Å². The van der Waals surface area contributed by atoms with Gasteiger partial charge in [-0.25, -0.2) is 4.98 Å². The van der Waals surface area contributed by atoms with Gasteiger partial charge in [0.2, 0.25) is 0 Å². The molecule has 12 heavy (non-hydrogen) atoms. The summed E-state index contributed by atoms with van der Waals surface area (Å²) in [4.78, 5) is 6.55. The Hall–Kier alpha value is -0.830. The molecule has 0 fully saturated rings. The van der Waals surface area contributed by atoms with Gasteiger partial charge < -0.3 is 4.42 Å². The molecule has 1 aliphatic rings. The van der Waals surface area contributed by atoms with E-state index < -0.39 is 0 Å². The number of nitrogens with zero attached hydrogens (tertiary/aromatic N) is 2. The zero-order valence-electron chi connectivity index (χ0n) is 7.58. The van der Waals surface area contributed by atoms with Crippen molar-refractivity contribution in [2.75, 3.05) is 6.54 Å². The number of fused-ring (bicyclic) bond motifs is 1. The predicted molar refractivity (Wildman–Crippen MR) is 45.8 cm³/mol. The van der Waals surface area contributed by atoms with Gasteiger partial charge in [0.1, 0.15) is 5.76 Å². The van der Waals surface area contributed by atoms with Crippen LogP contribution in [0.25, 0.3) is 0 Å². The van der Waals surface area contributed by atoms with Gasteiger partial charge in [0.05, 0.1) is 12.2 Å². The standard InChI is InChI=1S/C9H14N2O/c1-7(2)11-4-3-8-9(5-11)12-6-10-8/h6-7H,3-5H2,1-2H3. The highest BCUT2D eigenvalue weighted by Crippen LogP contribution is 2.18. The monoisotopic (exact) mass is 166 g/mol. The molecule has 0 aliphatic carbocycles. The molecule has 1 aromatic rings. The Bertz CT molecular complexity index is 267. The van der Waals surface area contributed by atoms with Crippen molar-refractivity contribution in [3.63, 3.8) is 0 Å². The Balaban J connectivity index is 2.15. The lowest BCUT2D eigenvalue weighted by Crippen LogP contribution is -2.35. The summed E-state index contributed by atoms with van der Waals surface area (Å²) in [5.74, 6) is 1.05. The Labute approximate surface area is 72.4 Å². The summed E-state index contributed by atoms with van der Waals surface area (Å²) < 4.78 is 5.28. The molecule has 3 nitrogen and oxygen atoms in total. The van der Waals surface area contributed by atoms with Crippen LogP contribution in [0.3, 0.4) is 0 Å². The highest BCUT2D eigenvalue weighted by molar-refractivity contribution is 5.10. The van der Waals surface area contributed by atoms with Crippen molar-refractivity contribution in [2.24, 2.45) is 0 Å². The van der Waals surface area contributed by atoms with E-state index in [4.69, 9.17) is 4.42 Å². The van der Waals surface area contributed by atoms with E-state index in [9.17, 15) is 0 Å². The molecular formula is C9H14N2O. The van der Waals surface area contributed by atoms with Gasteiger partial charge in [-0.1, -0.05) is 0 Å². The summed E-state index contributed by atoms with van der Waals surface area (Å²) in [6.07, 6.45) is 2.58. The Morgan fingerprint density at radius 3 is 3.17 bits per heavy atom. The molecule has 3 heteroatoms. The number of hydrogen-bond acceptors (Lipinski definition) is 3. The Kier molecular flexibility index (Phi) is 1.89. The molecular weight excluding hydrogens is 152 g/mol. The van der Waals surface area contributed by atoms with Crippen molar-refractivity contribution in [2.45, 2.75) is 32.9 Å². The van der Waals surface area contributed by atoms with Crippen molar-refractivity contribution in [1.82, 2.24) is 9.88 Å². The third-order valence-electron chi connectivity index (χ3n) is 2.44. The topological polar surface area (TPSA) is 29.3 Å². The van der Waals surface area contributed by atoms with Crippen molar-refractivity contribution >= 4 is 0 Å². The maximum Gasteiger partial charge on any atom is 0.181 e. The first-order chi connectivity index (χ1) is 5.77. The van der Waals surface area contributed by atoms with E-state index in [0.29, 0.717) is 6.04 Å². The Morgan fingerprint density at radius 1 is 1.58 bits per heavy atom. The second-order valence-corrected chi connectivity index (χ2v) is 3.54. The molecule has 0 atom stereocenters. The first kappa shape index (κ1) is 7.80. The molecule has 0 aromatic carbocycles. The number of rotatable bonds is 1. The van der Waals surface area contributed by atoms with Crippen LogP contribution in [0.4, 0.5) is 0 Å². The molecule has 0 unspecified atom stereocenters. The van der Waals surface area contributed by atoms with Crippen LogP contribution in [0.1, 0.15) is 25.3 Å². The van der Waals surface area contributed by atoms with Crippen LogP contribution in [-0.4, -0.2) is 22.5 Å². The molecule has 0 N–H and O–H groups in total. The van der Waals surface area contributed by atoms with Crippen molar-refractivity contribution < 1.29 is 4.42 Å². The molecule has 1 aromatic heterocycles. The average Bonchev–Trinajstić information content (AvgIpc) is 2.49. The lowest BCUT2D eigenvalue weighted by Gasteiger charge is -2.28. The van der Waals surface area contributed by atoms with Gasteiger partial charge in [0.25, 0.3) is 0 Å². The fourth-order valence-corrected chi connectivity index (χ4v) is 1.58. The minimum Gasteiger partial charge on any atom is -0.447 e. The molecule has 0 saturated heterocycles. The molecule has 2 rings (SSSR count). The van der Waals surface area contributed by atoms with Gasteiger partial charge >= 0.3 is 0 Å². The minimum absolute atomic E-state index is 0.600. The van der Waals surface area contributed by atoms with Gasteiger partial charge in [0, 0.05) is 19.0 Å². The number of oxazole rings is 1. The fraction of sp³-hybridized carbons (Fsp3) is 0.667. The lowest BCUT2D eigenvalue weighted by molar-refractivity contribution is 0.184. The van der Waals surface area contributed by atoms with Crippen molar-refractivity contribution in [1.29, 1.82) is 0 Å². The molecule has 0 amide bonds. The van der Waals surface area contributed by atoms with E-state index in [-0.39, 0.29) is 0 Å². The maximum absolute atomic E-state index is 5.28. The van der Waals surface area contributed by atoms with E-state index in [2.05, 4.69) is 23.7 Å². The second-order valence-electron chi connectivity index (χ2n) is 3.54. The van der Waals surface area contributed by atoms with Crippen LogP contribution < -0.4 is 0 Å². The van der Waals surface area contributed by atoms with Gasteiger partial charge in [0.15, 0.2) is 6.39 Å². The first-order valence-corrected chi connectivity index (χ1v) is 4.42. The quantitative estimate of drug-likeness (QED) is 0.632. The third kappa shape index (κ3) is 1.25. The molecule has 0 saturated carbocycles. The Morgan fingerprint density at radius 2 is 2.42 bits per heavy atom. The largest absolute Gasteiger partial charge is 0.447 e. The summed E-state index contributed by atoms with van der Waals surface area (Å²) in [6.45, 7) is 6.45. The van der Waals surface area contributed by atoms with Gasteiger partial charge in [-0.15, -0.1) is 0 Å². The summed E-state index contributed by atoms with van der Waals surface area (Å²) in [6, 6.07) is 0.600. The number of hydrogen-bond donors (Lipinski definition) is 0. The van der Waals surface area contributed by atoms with Gasteiger partial charge in [-0.3, -0.25) is 4.90 Å². The smallest absolute Gasteiger partial charge is 0.181 e. The van der Waals surface area contributed by atoms with E-state index in [1.165, 1.54) is 0 Å². The van der Waals surface area contributed by atoms with Crippen LogP contribution in [0.15, 0.2) is 10.8 Å². The lowest BCUT2D eigenvalue weighted by atomic mass is 10.1. The minimum atomic E-state index is 0.600. The van der Waals surface area contributed by atoms with Crippen molar-refractivity contribution in [3.8, 4) is 0 Å². The highest BCUT2D eigenvalue weighted by atomic mass is 16.3. The van der Waals surface area contributed by atoms with E-state index in [1.807, 2.05) is 0 Å². The molecule has 0 spiro atoms. The zero-order valence-corrected chi connectivity index (χ0v) is 7.58.